The smallest absolute Gasteiger partial charge is 0.323 e. The van der Waals surface area contributed by atoms with Crippen LogP contribution in [0.15, 0.2) is 18.3 Å². The number of rotatable bonds is 8. The molecule has 106 valence electrons. The lowest BCUT2D eigenvalue weighted by atomic mass is 10.2. The van der Waals surface area contributed by atoms with Crippen LogP contribution in [0.2, 0.25) is 0 Å². The van der Waals surface area contributed by atoms with Gasteiger partial charge in [-0.05, 0) is 37.0 Å². The molecule has 0 aromatic carbocycles. The van der Waals surface area contributed by atoms with Crippen LogP contribution >= 0.6 is 11.8 Å². The van der Waals surface area contributed by atoms with Crippen molar-refractivity contribution in [1.82, 2.24) is 9.88 Å². The molecular formula is C13H20N2O3S. The molecule has 1 aromatic heterocycles. The monoisotopic (exact) mass is 284 g/mol. The Balaban J connectivity index is 2.53. The van der Waals surface area contributed by atoms with Gasteiger partial charge < -0.3 is 15.0 Å². The highest BCUT2D eigenvalue weighted by molar-refractivity contribution is 7.99. The second kappa shape index (κ2) is 7.89. The van der Waals surface area contributed by atoms with Gasteiger partial charge in [-0.3, -0.25) is 9.59 Å². The molecule has 19 heavy (non-hydrogen) atoms. The van der Waals surface area contributed by atoms with Gasteiger partial charge in [0.1, 0.15) is 12.2 Å². The molecule has 1 aromatic rings. The van der Waals surface area contributed by atoms with Gasteiger partial charge in [0.25, 0.3) is 5.91 Å². The number of amides is 1. The van der Waals surface area contributed by atoms with Gasteiger partial charge in [-0.25, -0.2) is 0 Å². The summed E-state index contributed by atoms with van der Waals surface area (Å²) in [6, 6.07) is 3.39. The molecule has 1 heterocycles. The van der Waals surface area contributed by atoms with Crippen molar-refractivity contribution in [3.8, 4) is 0 Å². The minimum Gasteiger partial charge on any atom is -0.480 e. The third kappa shape index (κ3) is 5.38. The van der Waals surface area contributed by atoms with Gasteiger partial charge in [-0.15, -0.1) is 0 Å². The lowest BCUT2D eigenvalue weighted by molar-refractivity contribution is -0.137. The minimum absolute atomic E-state index is 0.0831. The molecule has 0 saturated heterocycles. The maximum atomic E-state index is 12.0. The first-order valence-electron chi connectivity index (χ1n) is 6.30. The van der Waals surface area contributed by atoms with Crippen LogP contribution in [0.5, 0.6) is 0 Å². The molecule has 1 unspecified atom stereocenters. The Morgan fingerprint density at radius 3 is 2.89 bits per heavy atom. The van der Waals surface area contributed by atoms with E-state index < -0.39 is 5.97 Å². The van der Waals surface area contributed by atoms with Crippen molar-refractivity contribution in [3.63, 3.8) is 0 Å². The number of thioether (sulfide) groups is 1. The van der Waals surface area contributed by atoms with Crippen molar-refractivity contribution in [1.29, 1.82) is 0 Å². The highest BCUT2D eigenvalue weighted by atomic mass is 32.2. The summed E-state index contributed by atoms with van der Waals surface area (Å²) in [5.41, 5.74) is 0.386. The van der Waals surface area contributed by atoms with Gasteiger partial charge in [-0.1, -0.05) is 6.92 Å². The molecule has 0 saturated carbocycles. The van der Waals surface area contributed by atoms with Crippen LogP contribution in [-0.4, -0.2) is 39.1 Å². The first-order valence-corrected chi connectivity index (χ1v) is 7.45. The van der Waals surface area contributed by atoms with E-state index in [0.29, 0.717) is 5.69 Å². The molecule has 1 rings (SSSR count). The molecular weight excluding hydrogens is 264 g/mol. The largest absolute Gasteiger partial charge is 0.480 e. The number of hydrogen-bond acceptors (Lipinski definition) is 3. The second-order valence-electron chi connectivity index (χ2n) is 4.28. The number of aliphatic carboxylic acids is 1. The molecule has 1 atom stereocenters. The molecule has 2 N–H and O–H groups in total. The van der Waals surface area contributed by atoms with Gasteiger partial charge >= 0.3 is 5.97 Å². The molecule has 0 aliphatic carbocycles. The number of carboxylic acid groups (broad SMARTS) is 1. The fourth-order valence-electron chi connectivity index (χ4n) is 1.68. The molecule has 0 aliphatic heterocycles. The van der Waals surface area contributed by atoms with Gasteiger partial charge in [-0.2, -0.15) is 11.8 Å². The predicted molar refractivity (Wildman–Crippen MR) is 76.6 cm³/mol. The average Bonchev–Trinajstić information content (AvgIpc) is 2.76. The van der Waals surface area contributed by atoms with Crippen molar-refractivity contribution in [2.24, 2.45) is 0 Å². The number of carbonyl (C=O) groups is 2. The summed E-state index contributed by atoms with van der Waals surface area (Å²) in [4.78, 5) is 22.7. The number of hydrogen-bond donors (Lipinski definition) is 2. The van der Waals surface area contributed by atoms with E-state index in [0.717, 1.165) is 17.9 Å². The fraction of sp³-hybridized carbons (Fsp3) is 0.538. The van der Waals surface area contributed by atoms with E-state index in [1.807, 2.05) is 18.7 Å². The van der Waals surface area contributed by atoms with E-state index in [9.17, 15) is 9.59 Å². The summed E-state index contributed by atoms with van der Waals surface area (Å²) in [6.07, 6.45) is 2.50. The zero-order valence-electron chi connectivity index (χ0n) is 11.3. The Bertz CT molecular complexity index is 431. The van der Waals surface area contributed by atoms with Gasteiger partial charge in [0.2, 0.25) is 0 Å². The topological polar surface area (TPSA) is 71.3 Å². The SMILES string of the molecule is CCSCCC(C)NC(=O)c1cccn1CC(=O)O. The Hall–Kier alpha value is -1.43. The van der Waals surface area contributed by atoms with E-state index in [2.05, 4.69) is 12.2 Å². The Morgan fingerprint density at radius 2 is 2.26 bits per heavy atom. The van der Waals surface area contributed by atoms with Crippen molar-refractivity contribution < 1.29 is 14.7 Å². The van der Waals surface area contributed by atoms with Crippen molar-refractivity contribution in [2.45, 2.75) is 32.9 Å². The van der Waals surface area contributed by atoms with Crippen molar-refractivity contribution >= 4 is 23.6 Å². The van der Waals surface area contributed by atoms with Crippen molar-refractivity contribution in [3.05, 3.63) is 24.0 Å². The Labute approximate surface area is 117 Å². The Kier molecular flexibility index (Phi) is 6.49. The summed E-state index contributed by atoms with van der Waals surface area (Å²) in [5, 5.41) is 11.7. The van der Waals surface area contributed by atoms with Crippen LogP contribution in [0.3, 0.4) is 0 Å². The highest BCUT2D eigenvalue weighted by Crippen LogP contribution is 2.06. The first kappa shape index (κ1) is 15.6. The third-order valence-corrected chi connectivity index (χ3v) is 3.58. The van der Waals surface area contributed by atoms with Crippen LogP contribution in [0.25, 0.3) is 0 Å². The van der Waals surface area contributed by atoms with Gasteiger partial charge in [0, 0.05) is 12.2 Å². The highest BCUT2D eigenvalue weighted by Gasteiger charge is 2.14. The quantitative estimate of drug-likeness (QED) is 0.715. The molecule has 0 aliphatic rings. The number of aromatic nitrogens is 1. The summed E-state index contributed by atoms with van der Waals surface area (Å²) < 4.78 is 1.44. The lowest BCUT2D eigenvalue weighted by Gasteiger charge is -2.14. The third-order valence-electron chi connectivity index (χ3n) is 2.64. The van der Waals surface area contributed by atoms with Crippen LogP contribution in [0, 0.1) is 0 Å². The second-order valence-corrected chi connectivity index (χ2v) is 5.67. The lowest BCUT2D eigenvalue weighted by Crippen LogP contribution is -2.34. The van der Waals surface area contributed by atoms with Gasteiger partial charge in [0.15, 0.2) is 0 Å². The van der Waals surface area contributed by atoms with E-state index in [1.54, 1.807) is 18.3 Å². The maximum Gasteiger partial charge on any atom is 0.323 e. The Morgan fingerprint density at radius 1 is 1.53 bits per heavy atom. The number of nitrogens with one attached hydrogen (secondary N) is 1. The summed E-state index contributed by atoms with van der Waals surface area (Å²) >= 11 is 1.84. The maximum absolute atomic E-state index is 12.0. The van der Waals surface area contributed by atoms with Crippen LogP contribution < -0.4 is 5.32 Å². The minimum atomic E-state index is -0.961. The van der Waals surface area contributed by atoms with E-state index in [1.165, 1.54) is 4.57 Å². The number of carbonyl (C=O) groups excluding carboxylic acids is 1. The average molecular weight is 284 g/mol. The molecule has 0 fully saturated rings. The van der Waals surface area contributed by atoms with E-state index in [4.69, 9.17) is 5.11 Å². The van der Waals surface area contributed by atoms with Crippen molar-refractivity contribution in [2.75, 3.05) is 11.5 Å². The van der Waals surface area contributed by atoms with E-state index in [-0.39, 0.29) is 18.5 Å². The molecule has 6 heteroatoms. The molecule has 0 bridgehead atoms. The number of nitrogens with zero attached hydrogens (tertiary/aromatic N) is 1. The zero-order valence-corrected chi connectivity index (χ0v) is 12.1. The summed E-state index contributed by atoms with van der Waals surface area (Å²) in [7, 11) is 0. The normalized spacial score (nSPS) is 12.1. The van der Waals surface area contributed by atoms with E-state index >= 15 is 0 Å². The molecule has 1 amide bonds. The summed E-state index contributed by atoms with van der Waals surface area (Å²) in [6.45, 7) is 3.86. The first-order chi connectivity index (χ1) is 9.04. The molecule has 0 radical (unpaired) electrons. The molecule has 0 spiro atoms. The fourth-order valence-corrected chi connectivity index (χ4v) is 2.49. The van der Waals surface area contributed by atoms with Crippen LogP contribution in [0.1, 0.15) is 30.8 Å². The zero-order chi connectivity index (χ0) is 14.3. The van der Waals surface area contributed by atoms with Crippen LogP contribution in [0.4, 0.5) is 0 Å². The van der Waals surface area contributed by atoms with Crippen LogP contribution in [-0.2, 0) is 11.3 Å². The summed E-state index contributed by atoms with van der Waals surface area (Å²) in [5.74, 6) is 0.897. The number of carboxylic acids is 1. The van der Waals surface area contributed by atoms with Gasteiger partial charge in [0.05, 0.1) is 0 Å². The molecule has 5 nitrogen and oxygen atoms in total. The predicted octanol–water partition coefficient (Wildman–Crippen LogP) is 1.83. The standard InChI is InChI=1S/C13H20N2O3S/c1-3-19-8-6-10(2)14-13(18)11-5-4-7-15(11)9-12(16)17/h4-5,7,10H,3,6,8-9H2,1-2H3,(H,14,18)(H,16,17).